The summed E-state index contributed by atoms with van der Waals surface area (Å²) in [6, 6.07) is 0.503. The second-order valence-electron chi connectivity index (χ2n) is 4.27. The first kappa shape index (κ1) is 10.0. The maximum Gasteiger partial charge on any atom is 0.00697 e. The van der Waals surface area contributed by atoms with Gasteiger partial charge < -0.3 is 5.73 Å². The summed E-state index contributed by atoms with van der Waals surface area (Å²) in [6.07, 6.45) is 8.06. The van der Waals surface area contributed by atoms with Crippen molar-refractivity contribution in [1.29, 1.82) is 0 Å². The van der Waals surface area contributed by atoms with E-state index in [4.69, 9.17) is 5.73 Å². The number of nitrogens with two attached hydrogens (primary N) is 1. The monoisotopic (exact) mass is 169 g/mol. The third-order valence-electron chi connectivity index (χ3n) is 3.52. The van der Waals surface area contributed by atoms with Gasteiger partial charge in [-0.1, -0.05) is 33.1 Å². The van der Waals surface area contributed by atoms with Crippen molar-refractivity contribution in [3.05, 3.63) is 0 Å². The Balaban J connectivity index is 2.18. The molecule has 0 amide bonds. The van der Waals surface area contributed by atoms with Crippen molar-refractivity contribution in [2.45, 2.75) is 58.4 Å². The molecule has 72 valence electrons. The zero-order valence-corrected chi connectivity index (χ0v) is 8.55. The summed E-state index contributed by atoms with van der Waals surface area (Å²) in [5.74, 6) is 1.74. The van der Waals surface area contributed by atoms with Gasteiger partial charge in [-0.15, -0.1) is 0 Å². The van der Waals surface area contributed by atoms with Crippen LogP contribution in [-0.4, -0.2) is 6.04 Å². The van der Waals surface area contributed by atoms with Gasteiger partial charge in [-0.25, -0.2) is 0 Å². The maximum atomic E-state index is 6.13. The lowest BCUT2D eigenvalue weighted by atomic mass is 9.76. The van der Waals surface area contributed by atoms with Crippen molar-refractivity contribution < 1.29 is 0 Å². The maximum absolute atomic E-state index is 6.13. The third-order valence-corrected chi connectivity index (χ3v) is 3.52. The summed E-state index contributed by atoms with van der Waals surface area (Å²) in [6.45, 7) is 4.56. The van der Waals surface area contributed by atoms with Crippen LogP contribution in [0.15, 0.2) is 0 Å². The fourth-order valence-corrected chi connectivity index (χ4v) is 2.07. The van der Waals surface area contributed by atoms with Gasteiger partial charge in [0.15, 0.2) is 0 Å². The highest BCUT2D eigenvalue weighted by molar-refractivity contribution is 4.81. The summed E-state index contributed by atoms with van der Waals surface area (Å²) in [5, 5.41) is 0. The second-order valence-corrected chi connectivity index (χ2v) is 4.27. The highest BCUT2D eigenvalue weighted by Crippen LogP contribution is 2.31. The molecule has 1 aliphatic carbocycles. The van der Waals surface area contributed by atoms with Gasteiger partial charge in [-0.05, 0) is 31.1 Å². The van der Waals surface area contributed by atoms with Crippen LogP contribution in [0.4, 0.5) is 0 Å². The normalized spacial score (nSPS) is 21.0. The summed E-state index contributed by atoms with van der Waals surface area (Å²) in [4.78, 5) is 0. The van der Waals surface area contributed by atoms with E-state index in [2.05, 4.69) is 13.8 Å². The van der Waals surface area contributed by atoms with Crippen molar-refractivity contribution in [2.75, 3.05) is 0 Å². The lowest BCUT2D eigenvalue weighted by Gasteiger charge is -2.33. The van der Waals surface area contributed by atoms with E-state index in [0.717, 1.165) is 11.8 Å². The van der Waals surface area contributed by atoms with E-state index >= 15 is 0 Å². The molecule has 1 rings (SSSR count). The van der Waals surface area contributed by atoms with Gasteiger partial charge >= 0.3 is 0 Å². The van der Waals surface area contributed by atoms with Crippen molar-refractivity contribution >= 4 is 0 Å². The molecule has 0 aliphatic heterocycles. The van der Waals surface area contributed by atoms with Crippen LogP contribution in [0.5, 0.6) is 0 Å². The number of hydrogen-bond donors (Lipinski definition) is 1. The van der Waals surface area contributed by atoms with Gasteiger partial charge in [0.05, 0.1) is 0 Å². The molecule has 1 unspecified atom stereocenters. The van der Waals surface area contributed by atoms with E-state index < -0.39 is 0 Å². The van der Waals surface area contributed by atoms with Gasteiger partial charge in [0.2, 0.25) is 0 Å². The fraction of sp³-hybridized carbons (Fsp3) is 1.00. The Morgan fingerprint density at radius 3 is 2.17 bits per heavy atom. The molecule has 0 heterocycles. The molecular formula is C11H23N. The molecule has 0 aromatic carbocycles. The quantitative estimate of drug-likeness (QED) is 0.673. The molecule has 12 heavy (non-hydrogen) atoms. The molecule has 0 spiro atoms. The van der Waals surface area contributed by atoms with Crippen molar-refractivity contribution in [3.63, 3.8) is 0 Å². The number of rotatable bonds is 5. The predicted octanol–water partition coefficient (Wildman–Crippen LogP) is 2.94. The predicted molar refractivity (Wildman–Crippen MR) is 54.0 cm³/mol. The van der Waals surface area contributed by atoms with E-state index in [1.54, 1.807) is 0 Å². The lowest BCUT2D eigenvalue weighted by Crippen LogP contribution is -2.36. The molecule has 1 saturated carbocycles. The Kier molecular flexibility index (Phi) is 4.07. The Labute approximate surface area is 76.7 Å². The Morgan fingerprint density at radius 2 is 1.83 bits per heavy atom. The van der Waals surface area contributed by atoms with E-state index in [-0.39, 0.29) is 0 Å². The summed E-state index contributed by atoms with van der Waals surface area (Å²) >= 11 is 0. The van der Waals surface area contributed by atoms with Crippen LogP contribution in [-0.2, 0) is 0 Å². The van der Waals surface area contributed by atoms with Crippen LogP contribution in [0.3, 0.4) is 0 Å². The molecule has 1 heteroatoms. The van der Waals surface area contributed by atoms with Crippen LogP contribution in [0.2, 0.25) is 0 Å². The average Bonchev–Trinajstić information content (AvgIpc) is 1.96. The molecule has 1 fully saturated rings. The Bertz CT molecular complexity index is 114. The van der Waals surface area contributed by atoms with E-state index in [1.807, 2.05) is 0 Å². The summed E-state index contributed by atoms with van der Waals surface area (Å²) in [5.41, 5.74) is 6.13. The van der Waals surface area contributed by atoms with Crippen LogP contribution in [0, 0.1) is 11.8 Å². The molecule has 1 atom stereocenters. The van der Waals surface area contributed by atoms with Gasteiger partial charge in [-0.2, -0.15) is 0 Å². The van der Waals surface area contributed by atoms with E-state index in [0.29, 0.717) is 6.04 Å². The SMILES string of the molecule is CCC(CC)CC(N)C1CCC1. The molecule has 2 N–H and O–H groups in total. The highest BCUT2D eigenvalue weighted by atomic mass is 14.7. The molecule has 0 aromatic heterocycles. The van der Waals surface area contributed by atoms with Gasteiger partial charge in [0.25, 0.3) is 0 Å². The third kappa shape index (κ3) is 2.48. The van der Waals surface area contributed by atoms with Crippen LogP contribution in [0.25, 0.3) is 0 Å². The van der Waals surface area contributed by atoms with Gasteiger partial charge in [-0.3, -0.25) is 0 Å². The standard InChI is InChI=1S/C11H23N/c1-3-9(4-2)8-11(12)10-6-5-7-10/h9-11H,3-8,12H2,1-2H3. The van der Waals surface area contributed by atoms with Crippen LogP contribution in [0.1, 0.15) is 52.4 Å². The highest BCUT2D eigenvalue weighted by Gasteiger charge is 2.25. The minimum atomic E-state index is 0.503. The Morgan fingerprint density at radius 1 is 1.25 bits per heavy atom. The van der Waals surface area contributed by atoms with Crippen molar-refractivity contribution in [1.82, 2.24) is 0 Å². The van der Waals surface area contributed by atoms with E-state index in [1.165, 1.54) is 38.5 Å². The molecule has 0 radical (unpaired) electrons. The zero-order valence-electron chi connectivity index (χ0n) is 8.55. The lowest BCUT2D eigenvalue weighted by molar-refractivity contribution is 0.228. The summed E-state index contributed by atoms with van der Waals surface area (Å²) in [7, 11) is 0. The van der Waals surface area contributed by atoms with Crippen LogP contribution >= 0.6 is 0 Å². The topological polar surface area (TPSA) is 26.0 Å². The van der Waals surface area contributed by atoms with Gasteiger partial charge in [0, 0.05) is 6.04 Å². The minimum absolute atomic E-state index is 0.503. The average molecular weight is 169 g/mol. The fourth-order valence-electron chi connectivity index (χ4n) is 2.07. The molecule has 0 aromatic rings. The number of hydrogen-bond acceptors (Lipinski definition) is 1. The smallest absolute Gasteiger partial charge is 0.00697 e. The largest absolute Gasteiger partial charge is 0.327 e. The van der Waals surface area contributed by atoms with E-state index in [9.17, 15) is 0 Å². The molecular weight excluding hydrogens is 146 g/mol. The first-order valence-corrected chi connectivity index (χ1v) is 5.53. The molecule has 1 aliphatic rings. The van der Waals surface area contributed by atoms with Crippen molar-refractivity contribution in [3.8, 4) is 0 Å². The summed E-state index contributed by atoms with van der Waals surface area (Å²) < 4.78 is 0. The first-order chi connectivity index (χ1) is 5.77. The molecule has 1 nitrogen and oxygen atoms in total. The Hall–Kier alpha value is -0.0400. The second kappa shape index (κ2) is 4.86. The molecule has 0 bridgehead atoms. The molecule has 0 saturated heterocycles. The van der Waals surface area contributed by atoms with Crippen molar-refractivity contribution in [2.24, 2.45) is 17.6 Å². The zero-order chi connectivity index (χ0) is 8.97. The first-order valence-electron chi connectivity index (χ1n) is 5.53. The van der Waals surface area contributed by atoms with Gasteiger partial charge in [0.1, 0.15) is 0 Å². The van der Waals surface area contributed by atoms with Crippen LogP contribution < -0.4 is 5.73 Å². The minimum Gasteiger partial charge on any atom is -0.327 e.